The lowest BCUT2D eigenvalue weighted by Crippen LogP contribution is -2.20. The van der Waals surface area contributed by atoms with Crippen LogP contribution in [-0.2, 0) is 7.05 Å². The van der Waals surface area contributed by atoms with Gasteiger partial charge < -0.3 is 14.4 Å². The number of halogens is 1. The molecule has 0 spiro atoms. The highest BCUT2D eigenvalue weighted by Gasteiger charge is 2.09. The Morgan fingerprint density at radius 3 is 2.79 bits per heavy atom. The monoisotopic (exact) mass is 283 g/mol. The molecule has 1 atom stereocenters. The van der Waals surface area contributed by atoms with Crippen molar-refractivity contribution in [2.24, 2.45) is 7.05 Å². The summed E-state index contributed by atoms with van der Waals surface area (Å²) >= 11 is 1.40. The molecule has 1 heterocycles. The molecule has 1 unspecified atom stereocenters. The predicted octanol–water partition coefficient (Wildman–Crippen LogP) is 1.49. The topological polar surface area (TPSA) is 60.2 Å². The van der Waals surface area contributed by atoms with Gasteiger partial charge in [-0.15, -0.1) is 10.2 Å². The molecule has 102 valence electrons. The first-order valence-corrected chi connectivity index (χ1v) is 6.67. The van der Waals surface area contributed by atoms with Gasteiger partial charge in [-0.3, -0.25) is 0 Å². The van der Waals surface area contributed by atoms with E-state index in [0.717, 1.165) is 5.16 Å². The number of aryl methyl sites for hydroxylation is 1. The first-order valence-electron chi connectivity index (χ1n) is 5.68. The molecule has 1 aromatic heterocycles. The maximum absolute atomic E-state index is 12.7. The zero-order valence-corrected chi connectivity index (χ0v) is 11.2. The number of hydrogen-bond acceptors (Lipinski definition) is 5. The van der Waals surface area contributed by atoms with E-state index in [1.807, 2.05) is 7.05 Å². The molecule has 2 aromatic rings. The van der Waals surface area contributed by atoms with Gasteiger partial charge in [0.2, 0.25) is 0 Å². The average Bonchev–Trinajstić information content (AvgIpc) is 2.81. The molecule has 1 aromatic carbocycles. The van der Waals surface area contributed by atoms with Crippen LogP contribution < -0.4 is 4.74 Å². The smallest absolute Gasteiger partial charge is 0.190 e. The Morgan fingerprint density at radius 1 is 1.42 bits per heavy atom. The molecule has 0 aliphatic heterocycles. The number of aliphatic hydroxyl groups excluding tert-OH is 1. The summed E-state index contributed by atoms with van der Waals surface area (Å²) in [6, 6.07) is 5.68. The number of benzene rings is 1. The van der Waals surface area contributed by atoms with Crippen molar-refractivity contribution in [2.75, 3.05) is 12.4 Å². The Bertz CT molecular complexity index is 518. The highest BCUT2D eigenvalue weighted by Crippen LogP contribution is 2.16. The standard InChI is InChI=1S/C12H14FN3O2S/c1-16-8-14-15-12(16)19-7-10(17)6-18-11-4-2-9(13)3-5-11/h2-5,8,10,17H,6-7H2,1H3. The summed E-state index contributed by atoms with van der Waals surface area (Å²) in [7, 11) is 1.84. The van der Waals surface area contributed by atoms with Gasteiger partial charge in [0, 0.05) is 12.8 Å². The quantitative estimate of drug-likeness (QED) is 0.814. The van der Waals surface area contributed by atoms with Crippen molar-refractivity contribution >= 4 is 11.8 Å². The molecular formula is C12H14FN3O2S. The van der Waals surface area contributed by atoms with E-state index in [1.54, 1.807) is 10.9 Å². The van der Waals surface area contributed by atoms with Crippen molar-refractivity contribution in [1.29, 1.82) is 0 Å². The van der Waals surface area contributed by atoms with Crippen molar-refractivity contribution in [3.63, 3.8) is 0 Å². The first kappa shape index (κ1) is 13.8. The average molecular weight is 283 g/mol. The second kappa shape index (κ2) is 6.53. The molecule has 7 heteroatoms. The van der Waals surface area contributed by atoms with E-state index in [1.165, 1.54) is 36.0 Å². The van der Waals surface area contributed by atoms with Gasteiger partial charge >= 0.3 is 0 Å². The molecule has 2 rings (SSSR count). The summed E-state index contributed by atoms with van der Waals surface area (Å²) in [4.78, 5) is 0. The minimum atomic E-state index is -0.633. The van der Waals surface area contributed by atoms with E-state index in [4.69, 9.17) is 4.74 Å². The SMILES string of the molecule is Cn1cnnc1SCC(O)COc1ccc(F)cc1. The normalized spacial score (nSPS) is 12.4. The summed E-state index contributed by atoms with van der Waals surface area (Å²) in [6.45, 7) is 0.149. The van der Waals surface area contributed by atoms with E-state index in [-0.39, 0.29) is 12.4 Å². The van der Waals surface area contributed by atoms with Crippen molar-refractivity contribution in [1.82, 2.24) is 14.8 Å². The third-order valence-corrected chi connectivity index (χ3v) is 3.51. The molecule has 0 aliphatic rings. The van der Waals surface area contributed by atoms with E-state index < -0.39 is 6.10 Å². The summed E-state index contributed by atoms with van der Waals surface area (Å²) in [5, 5.41) is 18.2. The van der Waals surface area contributed by atoms with Gasteiger partial charge in [-0.2, -0.15) is 0 Å². The number of ether oxygens (including phenoxy) is 1. The molecule has 5 nitrogen and oxygen atoms in total. The van der Waals surface area contributed by atoms with Gasteiger partial charge in [0.25, 0.3) is 0 Å². The zero-order chi connectivity index (χ0) is 13.7. The molecule has 0 amide bonds. The van der Waals surface area contributed by atoms with Crippen molar-refractivity contribution in [3.8, 4) is 5.75 Å². The number of aliphatic hydroxyl groups is 1. The van der Waals surface area contributed by atoms with Crippen LogP contribution in [0.15, 0.2) is 35.7 Å². The maximum Gasteiger partial charge on any atom is 0.190 e. The Balaban J connectivity index is 1.74. The second-order valence-corrected chi connectivity index (χ2v) is 4.94. The fourth-order valence-electron chi connectivity index (χ4n) is 1.35. The van der Waals surface area contributed by atoms with Gasteiger partial charge in [-0.1, -0.05) is 11.8 Å². The first-order chi connectivity index (χ1) is 9.15. The number of thioether (sulfide) groups is 1. The van der Waals surface area contributed by atoms with E-state index in [0.29, 0.717) is 11.5 Å². The van der Waals surface area contributed by atoms with Crippen LogP contribution in [0.2, 0.25) is 0 Å². The van der Waals surface area contributed by atoms with Gasteiger partial charge in [0.05, 0.1) is 6.10 Å². The lowest BCUT2D eigenvalue weighted by molar-refractivity contribution is 0.126. The minimum absolute atomic E-state index is 0.149. The van der Waals surface area contributed by atoms with Crippen LogP contribution in [0.1, 0.15) is 0 Å². The lowest BCUT2D eigenvalue weighted by atomic mass is 10.3. The number of rotatable bonds is 6. The molecular weight excluding hydrogens is 269 g/mol. The Kier molecular flexibility index (Phi) is 4.75. The van der Waals surface area contributed by atoms with Gasteiger partial charge in [-0.05, 0) is 24.3 Å². The maximum atomic E-state index is 12.7. The third-order valence-electron chi connectivity index (χ3n) is 2.33. The zero-order valence-electron chi connectivity index (χ0n) is 10.4. The van der Waals surface area contributed by atoms with Crippen LogP contribution in [0.4, 0.5) is 4.39 Å². The Morgan fingerprint density at radius 2 is 2.16 bits per heavy atom. The summed E-state index contributed by atoms with van der Waals surface area (Å²) in [5.41, 5.74) is 0. The third kappa shape index (κ3) is 4.22. The van der Waals surface area contributed by atoms with Crippen LogP contribution in [-0.4, -0.2) is 38.3 Å². The molecule has 0 saturated heterocycles. The van der Waals surface area contributed by atoms with Gasteiger partial charge in [0.15, 0.2) is 5.16 Å². The van der Waals surface area contributed by atoms with Crippen LogP contribution >= 0.6 is 11.8 Å². The van der Waals surface area contributed by atoms with Crippen LogP contribution in [0.5, 0.6) is 5.75 Å². The fraction of sp³-hybridized carbons (Fsp3) is 0.333. The highest BCUT2D eigenvalue weighted by atomic mass is 32.2. The number of hydrogen-bond donors (Lipinski definition) is 1. The van der Waals surface area contributed by atoms with Crippen LogP contribution in [0.3, 0.4) is 0 Å². The van der Waals surface area contributed by atoms with E-state index >= 15 is 0 Å². The second-order valence-electron chi connectivity index (χ2n) is 3.95. The van der Waals surface area contributed by atoms with Gasteiger partial charge in [0.1, 0.15) is 24.5 Å². The van der Waals surface area contributed by atoms with E-state index in [9.17, 15) is 9.50 Å². The Labute approximate surface area is 114 Å². The largest absolute Gasteiger partial charge is 0.491 e. The molecule has 0 bridgehead atoms. The van der Waals surface area contributed by atoms with Crippen LogP contribution in [0.25, 0.3) is 0 Å². The molecule has 0 aliphatic carbocycles. The molecule has 0 fully saturated rings. The van der Waals surface area contributed by atoms with Crippen molar-refractivity contribution < 1.29 is 14.2 Å². The lowest BCUT2D eigenvalue weighted by Gasteiger charge is -2.11. The highest BCUT2D eigenvalue weighted by molar-refractivity contribution is 7.99. The fourth-order valence-corrected chi connectivity index (χ4v) is 2.14. The van der Waals surface area contributed by atoms with Gasteiger partial charge in [-0.25, -0.2) is 4.39 Å². The summed E-state index contributed by atoms with van der Waals surface area (Å²) in [5.74, 6) is 0.670. The number of aromatic nitrogens is 3. The predicted molar refractivity (Wildman–Crippen MR) is 69.6 cm³/mol. The van der Waals surface area contributed by atoms with Crippen LogP contribution in [0, 0.1) is 5.82 Å². The number of nitrogens with zero attached hydrogens (tertiary/aromatic N) is 3. The summed E-state index contributed by atoms with van der Waals surface area (Å²) < 4.78 is 19.8. The van der Waals surface area contributed by atoms with E-state index in [2.05, 4.69) is 10.2 Å². The molecule has 0 saturated carbocycles. The van der Waals surface area contributed by atoms with Crippen molar-refractivity contribution in [2.45, 2.75) is 11.3 Å². The molecule has 0 radical (unpaired) electrons. The Hall–Kier alpha value is -1.60. The molecule has 19 heavy (non-hydrogen) atoms. The molecule has 1 N–H and O–H groups in total. The van der Waals surface area contributed by atoms with Crippen molar-refractivity contribution in [3.05, 3.63) is 36.4 Å². The minimum Gasteiger partial charge on any atom is -0.491 e. The summed E-state index contributed by atoms with van der Waals surface area (Å²) in [6.07, 6.45) is 0.968.